The second-order valence-electron chi connectivity index (χ2n) is 8.91. The standard InChI is InChI=1S/C19H19N3O.C9H12N2O.2H2/c1-13-8-9-14-16(12-13)20-18(15-6-2-3-7-17(15)23)21-19(14)22-10-4-5-11-22;1-11(2)8-5-3-4-7(6-8)9(10)12;;/h2-3,6-9,12,23H,4-5,10-11H2,1H3;3-6H,1-2H3,(H2,10,12);2*1H. The predicted molar refractivity (Wildman–Crippen MR) is 146 cm³/mol. The molecule has 0 saturated carbocycles. The summed E-state index contributed by atoms with van der Waals surface area (Å²) >= 11 is 0. The Morgan fingerprint density at radius 3 is 2.43 bits per heavy atom. The van der Waals surface area contributed by atoms with Crippen molar-refractivity contribution in [3.8, 4) is 17.1 Å². The summed E-state index contributed by atoms with van der Waals surface area (Å²) in [5, 5.41) is 11.2. The second-order valence-corrected chi connectivity index (χ2v) is 8.91. The molecule has 7 heteroatoms. The van der Waals surface area contributed by atoms with Gasteiger partial charge in [0.1, 0.15) is 11.6 Å². The maximum absolute atomic E-state index is 10.8. The fourth-order valence-corrected chi connectivity index (χ4v) is 4.11. The van der Waals surface area contributed by atoms with E-state index in [2.05, 4.69) is 30.0 Å². The molecule has 35 heavy (non-hydrogen) atoms. The van der Waals surface area contributed by atoms with Crippen LogP contribution < -0.4 is 15.5 Å². The molecule has 0 spiro atoms. The van der Waals surface area contributed by atoms with Crippen LogP contribution in [-0.4, -0.2) is 48.2 Å². The molecule has 0 radical (unpaired) electrons. The fraction of sp³-hybridized carbons (Fsp3) is 0.250. The average Bonchev–Trinajstić information content (AvgIpc) is 3.39. The van der Waals surface area contributed by atoms with Crippen molar-refractivity contribution in [1.29, 1.82) is 0 Å². The van der Waals surface area contributed by atoms with Gasteiger partial charge in [-0.3, -0.25) is 4.79 Å². The summed E-state index contributed by atoms with van der Waals surface area (Å²) < 4.78 is 0. The maximum atomic E-state index is 10.8. The number of hydrogen-bond acceptors (Lipinski definition) is 6. The van der Waals surface area contributed by atoms with Crippen molar-refractivity contribution >= 4 is 28.3 Å². The number of nitrogens with zero attached hydrogens (tertiary/aromatic N) is 4. The number of phenols is 1. The van der Waals surface area contributed by atoms with E-state index in [1.54, 1.807) is 18.2 Å². The van der Waals surface area contributed by atoms with Gasteiger partial charge < -0.3 is 20.6 Å². The molecule has 5 rings (SSSR count). The summed E-state index contributed by atoms with van der Waals surface area (Å²) in [6, 6.07) is 20.7. The fourth-order valence-electron chi connectivity index (χ4n) is 4.11. The first-order valence-electron chi connectivity index (χ1n) is 11.7. The van der Waals surface area contributed by atoms with Crippen molar-refractivity contribution in [2.45, 2.75) is 19.8 Å². The van der Waals surface area contributed by atoms with Crippen molar-refractivity contribution in [2.24, 2.45) is 5.73 Å². The molecular formula is C28H35N5O2. The summed E-state index contributed by atoms with van der Waals surface area (Å²) in [4.78, 5) is 24.5. The van der Waals surface area contributed by atoms with Gasteiger partial charge >= 0.3 is 0 Å². The third-order valence-corrected chi connectivity index (χ3v) is 6.03. The van der Waals surface area contributed by atoms with Crippen molar-refractivity contribution < 1.29 is 12.8 Å². The van der Waals surface area contributed by atoms with Crippen molar-refractivity contribution in [3.05, 3.63) is 77.9 Å². The van der Waals surface area contributed by atoms with Gasteiger partial charge in [-0.25, -0.2) is 9.97 Å². The van der Waals surface area contributed by atoms with Crippen LogP contribution in [0.3, 0.4) is 0 Å². The van der Waals surface area contributed by atoms with Crippen LogP contribution in [0.4, 0.5) is 11.5 Å². The van der Waals surface area contributed by atoms with E-state index in [-0.39, 0.29) is 8.60 Å². The quantitative estimate of drug-likeness (QED) is 0.420. The van der Waals surface area contributed by atoms with Gasteiger partial charge in [0, 0.05) is 46.7 Å². The second kappa shape index (κ2) is 10.4. The molecule has 1 saturated heterocycles. The number of nitrogens with two attached hydrogens (primary N) is 1. The number of primary amides is 1. The Bertz CT molecular complexity index is 1360. The Hall–Kier alpha value is -4.13. The van der Waals surface area contributed by atoms with Crippen molar-refractivity contribution in [1.82, 2.24) is 9.97 Å². The van der Waals surface area contributed by atoms with Crippen LogP contribution in [0.5, 0.6) is 5.75 Å². The molecule has 1 aromatic heterocycles. The lowest BCUT2D eigenvalue weighted by atomic mass is 10.1. The number of anilines is 2. The molecule has 184 valence electrons. The van der Waals surface area contributed by atoms with E-state index in [1.807, 2.05) is 49.3 Å². The van der Waals surface area contributed by atoms with Crippen LogP contribution in [0.15, 0.2) is 66.7 Å². The Labute approximate surface area is 208 Å². The lowest BCUT2D eigenvalue weighted by molar-refractivity contribution is 0.100. The number of benzene rings is 3. The molecular weight excluding hydrogens is 438 g/mol. The van der Waals surface area contributed by atoms with Crippen LogP contribution in [0.1, 0.15) is 31.6 Å². The number of para-hydroxylation sites is 1. The van der Waals surface area contributed by atoms with E-state index in [9.17, 15) is 9.90 Å². The highest BCUT2D eigenvalue weighted by molar-refractivity contribution is 5.94. The van der Waals surface area contributed by atoms with E-state index in [0.717, 1.165) is 35.5 Å². The largest absolute Gasteiger partial charge is 0.507 e. The number of carbonyl (C=O) groups excluding carboxylic acids is 1. The Balaban J connectivity index is 0.000000296. The summed E-state index contributed by atoms with van der Waals surface area (Å²) in [7, 11) is 3.83. The minimum Gasteiger partial charge on any atom is -0.507 e. The Morgan fingerprint density at radius 2 is 1.74 bits per heavy atom. The topological polar surface area (TPSA) is 95.6 Å². The summed E-state index contributed by atoms with van der Waals surface area (Å²) in [6.45, 7) is 4.12. The maximum Gasteiger partial charge on any atom is 0.248 e. The Kier molecular flexibility index (Phi) is 7.15. The number of hydrogen-bond donors (Lipinski definition) is 2. The van der Waals surface area contributed by atoms with Gasteiger partial charge in [-0.2, -0.15) is 0 Å². The molecule has 0 atom stereocenters. The number of fused-ring (bicyclic) bond motifs is 1. The third kappa shape index (κ3) is 5.51. The monoisotopic (exact) mass is 473 g/mol. The molecule has 0 unspecified atom stereocenters. The number of amides is 1. The van der Waals surface area contributed by atoms with Gasteiger partial charge in [0.15, 0.2) is 5.82 Å². The first-order chi connectivity index (χ1) is 16.8. The number of rotatable bonds is 4. The molecule has 1 fully saturated rings. The van der Waals surface area contributed by atoms with E-state index in [4.69, 9.17) is 15.7 Å². The van der Waals surface area contributed by atoms with Crippen LogP contribution in [-0.2, 0) is 0 Å². The molecule has 0 bridgehead atoms. The van der Waals surface area contributed by atoms with E-state index in [0.29, 0.717) is 17.0 Å². The van der Waals surface area contributed by atoms with Crippen LogP contribution in [0.2, 0.25) is 0 Å². The first kappa shape index (κ1) is 24.0. The molecule has 1 aliphatic rings. The van der Waals surface area contributed by atoms with Crippen LogP contribution in [0, 0.1) is 6.92 Å². The highest BCUT2D eigenvalue weighted by atomic mass is 16.3. The lowest BCUT2D eigenvalue weighted by Gasteiger charge is -2.19. The van der Waals surface area contributed by atoms with Crippen molar-refractivity contribution in [3.63, 3.8) is 0 Å². The van der Waals surface area contributed by atoms with Gasteiger partial charge in [-0.1, -0.05) is 24.3 Å². The normalized spacial score (nSPS) is 12.8. The number of phenolic OH excluding ortho intramolecular Hbond substituents is 1. The van der Waals surface area contributed by atoms with Gasteiger partial charge in [0.25, 0.3) is 0 Å². The van der Waals surface area contributed by atoms with Gasteiger partial charge in [0.2, 0.25) is 5.91 Å². The van der Waals surface area contributed by atoms with Crippen molar-refractivity contribution in [2.75, 3.05) is 37.0 Å². The average molecular weight is 474 g/mol. The molecule has 7 nitrogen and oxygen atoms in total. The zero-order chi connectivity index (χ0) is 24.9. The Morgan fingerprint density at radius 1 is 1.00 bits per heavy atom. The van der Waals surface area contributed by atoms with E-state index < -0.39 is 5.91 Å². The highest BCUT2D eigenvalue weighted by Gasteiger charge is 2.19. The number of carbonyl (C=O) groups is 1. The van der Waals surface area contributed by atoms with Crippen LogP contribution in [0.25, 0.3) is 22.3 Å². The molecule has 1 aliphatic heterocycles. The minimum atomic E-state index is -0.390. The summed E-state index contributed by atoms with van der Waals surface area (Å²) in [6.07, 6.45) is 2.40. The highest BCUT2D eigenvalue weighted by Crippen LogP contribution is 2.33. The minimum absolute atomic E-state index is 0. The third-order valence-electron chi connectivity index (χ3n) is 6.03. The van der Waals surface area contributed by atoms with Gasteiger partial charge in [0.05, 0.1) is 11.1 Å². The molecule has 1 amide bonds. The van der Waals surface area contributed by atoms with Crippen LogP contribution >= 0.6 is 0 Å². The number of aromatic nitrogens is 2. The number of aryl methyl sites for hydroxylation is 1. The lowest BCUT2D eigenvalue weighted by Crippen LogP contribution is -2.20. The molecule has 3 aromatic carbocycles. The molecule has 3 N–H and O–H groups in total. The van der Waals surface area contributed by atoms with E-state index >= 15 is 0 Å². The predicted octanol–water partition coefficient (Wildman–Crippen LogP) is 5.25. The molecule has 2 heterocycles. The zero-order valence-electron chi connectivity index (χ0n) is 20.4. The number of aromatic hydroxyl groups is 1. The molecule has 0 aliphatic carbocycles. The van der Waals surface area contributed by atoms with Gasteiger partial charge in [-0.05, 0) is 67.8 Å². The molecule has 4 aromatic rings. The smallest absolute Gasteiger partial charge is 0.248 e. The van der Waals surface area contributed by atoms with Gasteiger partial charge in [-0.15, -0.1) is 0 Å². The summed E-state index contributed by atoms with van der Waals surface area (Å²) in [5.74, 6) is 1.39. The van der Waals surface area contributed by atoms with E-state index in [1.165, 1.54) is 18.4 Å². The SMILES string of the molecule is CN(C)c1cccc(C(N)=O)c1.Cc1ccc2c(N3CCCC3)nc(-c3ccccc3O)nc2c1.[HH].[HH]. The zero-order valence-corrected chi connectivity index (χ0v) is 20.4. The summed E-state index contributed by atoms with van der Waals surface area (Å²) in [5.41, 5.74) is 9.43. The first-order valence-corrected chi connectivity index (χ1v) is 11.7.